The van der Waals surface area contributed by atoms with Gasteiger partial charge in [-0.25, -0.2) is 0 Å². The molecule has 0 bridgehead atoms. The molecule has 0 amide bonds. The van der Waals surface area contributed by atoms with Crippen molar-refractivity contribution in [2.24, 2.45) is 33.5 Å². The standard InChI is InChI=1S/C28H34O6/c1-16(29)34-23-14-19-24(2,3)21(30)8-10-25(19,4)18-7-11-26(5)20(27(18,23)6)13-22(31)28(26,32)17-9-12-33-15-17/h8-10,12-13,15,18-19,23,32H,7,11,14H2,1-6H3/t18?,19?,23-,25-,26-,27-,28-/m1/s1. The molecular weight excluding hydrogens is 432 g/mol. The Morgan fingerprint density at radius 2 is 1.82 bits per heavy atom. The van der Waals surface area contributed by atoms with Crippen molar-refractivity contribution in [3.8, 4) is 0 Å². The summed E-state index contributed by atoms with van der Waals surface area (Å²) < 4.78 is 11.3. The van der Waals surface area contributed by atoms with Crippen LogP contribution in [0, 0.1) is 33.5 Å². The van der Waals surface area contributed by atoms with Crippen LogP contribution in [0.5, 0.6) is 0 Å². The number of hydrogen-bond acceptors (Lipinski definition) is 6. The summed E-state index contributed by atoms with van der Waals surface area (Å²) in [6.45, 7) is 11.6. The number of rotatable bonds is 2. The number of furan rings is 1. The third-order valence-corrected chi connectivity index (χ3v) is 10.2. The highest BCUT2D eigenvalue weighted by atomic mass is 16.5. The fourth-order valence-electron chi connectivity index (χ4n) is 8.41. The molecule has 5 rings (SSSR count). The molecule has 4 aliphatic carbocycles. The number of allylic oxidation sites excluding steroid dienone is 2. The zero-order valence-corrected chi connectivity index (χ0v) is 20.8. The Kier molecular flexibility index (Phi) is 4.66. The lowest BCUT2D eigenvalue weighted by Crippen LogP contribution is -2.65. The number of ether oxygens (including phenoxy) is 1. The summed E-state index contributed by atoms with van der Waals surface area (Å²) in [7, 11) is 0. The zero-order chi connectivity index (χ0) is 24.9. The SMILES string of the molecule is CC(=O)O[C@@H]1CC2C(C)(C)C(=O)C=C[C@]2(C)C2CC[C@]3(C)C(=CC(=O)[C@]3(O)c3ccoc3)[C@@]21C. The minimum atomic E-state index is -1.74. The van der Waals surface area contributed by atoms with E-state index in [4.69, 9.17) is 9.15 Å². The Morgan fingerprint density at radius 3 is 2.44 bits per heavy atom. The van der Waals surface area contributed by atoms with Crippen molar-refractivity contribution in [3.63, 3.8) is 0 Å². The number of carbonyl (C=O) groups excluding carboxylic acids is 3. The van der Waals surface area contributed by atoms with E-state index in [0.717, 1.165) is 12.0 Å². The van der Waals surface area contributed by atoms with Crippen LogP contribution in [-0.2, 0) is 24.7 Å². The summed E-state index contributed by atoms with van der Waals surface area (Å²) in [6.07, 6.45) is 9.58. The van der Waals surface area contributed by atoms with Gasteiger partial charge in [0.2, 0.25) is 0 Å². The van der Waals surface area contributed by atoms with Gasteiger partial charge >= 0.3 is 5.97 Å². The van der Waals surface area contributed by atoms with E-state index in [1.807, 2.05) is 20.8 Å². The lowest BCUT2D eigenvalue weighted by molar-refractivity contribution is -0.194. The first-order valence-electron chi connectivity index (χ1n) is 12.2. The molecule has 0 saturated heterocycles. The predicted octanol–water partition coefficient (Wildman–Crippen LogP) is 4.52. The third kappa shape index (κ3) is 2.53. The molecule has 0 radical (unpaired) electrons. The van der Waals surface area contributed by atoms with Gasteiger partial charge in [0.15, 0.2) is 17.2 Å². The molecular formula is C28H34O6. The molecule has 2 unspecified atom stereocenters. The maximum Gasteiger partial charge on any atom is 0.302 e. The Balaban J connectivity index is 1.71. The van der Waals surface area contributed by atoms with E-state index in [2.05, 4.69) is 19.9 Å². The number of carbonyl (C=O) groups is 3. The lowest BCUT2D eigenvalue weighted by Gasteiger charge is -2.66. The fraction of sp³-hybridized carbons (Fsp3) is 0.607. The molecule has 0 spiro atoms. The topological polar surface area (TPSA) is 93.8 Å². The van der Waals surface area contributed by atoms with Gasteiger partial charge in [-0.1, -0.05) is 40.7 Å². The first-order valence-corrected chi connectivity index (χ1v) is 12.2. The smallest absolute Gasteiger partial charge is 0.302 e. The van der Waals surface area contributed by atoms with E-state index in [1.165, 1.54) is 19.5 Å². The molecule has 1 heterocycles. The molecule has 7 atom stereocenters. The Morgan fingerprint density at radius 1 is 1.12 bits per heavy atom. The van der Waals surface area contributed by atoms with Crippen molar-refractivity contribution < 1.29 is 28.6 Å². The molecule has 6 heteroatoms. The number of hydrogen-bond donors (Lipinski definition) is 1. The maximum atomic E-state index is 13.5. The van der Waals surface area contributed by atoms with Gasteiger partial charge in [0, 0.05) is 28.7 Å². The van der Waals surface area contributed by atoms with E-state index < -0.39 is 27.9 Å². The molecule has 182 valence electrons. The second-order valence-corrected chi connectivity index (χ2v) is 12.0. The van der Waals surface area contributed by atoms with Gasteiger partial charge in [-0.05, 0) is 60.3 Å². The average Bonchev–Trinajstić information content (AvgIpc) is 3.35. The van der Waals surface area contributed by atoms with Crippen LogP contribution in [0.1, 0.15) is 66.4 Å². The molecule has 0 aliphatic heterocycles. The largest absolute Gasteiger partial charge is 0.472 e. The summed E-state index contributed by atoms with van der Waals surface area (Å²) in [5, 5.41) is 11.9. The fourth-order valence-corrected chi connectivity index (χ4v) is 8.41. The maximum absolute atomic E-state index is 13.5. The molecule has 6 nitrogen and oxygen atoms in total. The highest BCUT2D eigenvalue weighted by Crippen LogP contribution is 2.73. The van der Waals surface area contributed by atoms with E-state index in [0.29, 0.717) is 18.4 Å². The third-order valence-electron chi connectivity index (χ3n) is 10.2. The van der Waals surface area contributed by atoms with Crippen LogP contribution in [0.2, 0.25) is 0 Å². The van der Waals surface area contributed by atoms with Gasteiger partial charge in [0.1, 0.15) is 6.10 Å². The average molecular weight is 467 g/mol. The predicted molar refractivity (Wildman–Crippen MR) is 124 cm³/mol. The van der Waals surface area contributed by atoms with Crippen LogP contribution in [0.25, 0.3) is 0 Å². The Bertz CT molecular complexity index is 1140. The van der Waals surface area contributed by atoms with E-state index in [9.17, 15) is 19.5 Å². The summed E-state index contributed by atoms with van der Waals surface area (Å²) in [5.41, 5.74) is -2.94. The van der Waals surface area contributed by atoms with Crippen LogP contribution in [0.3, 0.4) is 0 Å². The van der Waals surface area contributed by atoms with Gasteiger partial charge < -0.3 is 14.3 Å². The quantitative estimate of drug-likeness (QED) is 0.644. The Labute approximate surface area is 200 Å². The molecule has 0 aromatic carbocycles. The van der Waals surface area contributed by atoms with Gasteiger partial charge in [-0.3, -0.25) is 14.4 Å². The first-order chi connectivity index (χ1) is 15.7. The molecule has 1 N–H and O–H groups in total. The molecule has 4 aliphatic rings. The second kappa shape index (κ2) is 6.81. The van der Waals surface area contributed by atoms with Crippen LogP contribution in [0.4, 0.5) is 0 Å². The number of esters is 1. The molecule has 1 aromatic rings. The van der Waals surface area contributed by atoms with E-state index >= 15 is 0 Å². The summed E-state index contributed by atoms with van der Waals surface area (Å²) in [4.78, 5) is 38.7. The minimum absolute atomic E-state index is 0.0188. The highest BCUT2D eigenvalue weighted by Gasteiger charge is 2.72. The Hall–Kier alpha value is -2.47. The van der Waals surface area contributed by atoms with Crippen molar-refractivity contribution in [1.82, 2.24) is 0 Å². The van der Waals surface area contributed by atoms with Gasteiger partial charge in [-0.2, -0.15) is 0 Å². The minimum Gasteiger partial charge on any atom is -0.472 e. The van der Waals surface area contributed by atoms with Crippen molar-refractivity contribution in [2.75, 3.05) is 0 Å². The van der Waals surface area contributed by atoms with Crippen molar-refractivity contribution >= 4 is 17.5 Å². The second-order valence-electron chi connectivity index (χ2n) is 12.0. The monoisotopic (exact) mass is 466 g/mol. The van der Waals surface area contributed by atoms with Gasteiger partial charge in [0.25, 0.3) is 0 Å². The summed E-state index contributed by atoms with van der Waals surface area (Å²) >= 11 is 0. The molecule has 2 fully saturated rings. The summed E-state index contributed by atoms with van der Waals surface area (Å²) in [5.74, 6) is -0.658. The summed E-state index contributed by atoms with van der Waals surface area (Å²) in [6, 6.07) is 1.65. The van der Waals surface area contributed by atoms with Crippen molar-refractivity contribution in [1.29, 1.82) is 0 Å². The van der Waals surface area contributed by atoms with Crippen LogP contribution in [-0.4, -0.2) is 28.7 Å². The van der Waals surface area contributed by atoms with Crippen molar-refractivity contribution in [2.45, 2.75) is 72.5 Å². The zero-order valence-electron chi connectivity index (χ0n) is 20.8. The van der Waals surface area contributed by atoms with Gasteiger partial charge in [-0.15, -0.1) is 0 Å². The highest BCUT2D eigenvalue weighted by molar-refractivity contribution is 6.03. The lowest BCUT2D eigenvalue weighted by atomic mass is 9.38. The van der Waals surface area contributed by atoms with Crippen molar-refractivity contribution in [3.05, 3.63) is 48.0 Å². The first kappa shape index (κ1) is 23.3. The molecule has 34 heavy (non-hydrogen) atoms. The molecule has 2 saturated carbocycles. The number of aliphatic hydroxyl groups is 1. The molecule has 1 aromatic heterocycles. The normalized spacial score (nSPS) is 44.7. The van der Waals surface area contributed by atoms with Crippen LogP contribution in [0.15, 0.2) is 46.8 Å². The van der Waals surface area contributed by atoms with Gasteiger partial charge in [0.05, 0.1) is 12.5 Å². The number of fused-ring (bicyclic) bond motifs is 5. The van der Waals surface area contributed by atoms with E-state index in [1.54, 1.807) is 18.2 Å². The van der Waals surface area contributed by atoms with Crippen LogP contribution >= 0.6 is 0 Å². The number of ketones is 2. The van der Waals surface area contributed by atoms with Crippen LogP contribution < -0.4 is 0 Å². The van der Waals surface area contributed by atoms with E-state index in [-0.39, 0.29) is 34.8 Å².